The number of anilines is 2. The van der Waals surface area contributed by atoms with Gasteiger partial charge in [0.15, 0.2) is 0 Å². The molecule has 3 rings (SSSR count). The molecular weight excluding hydrogens is 263 g/mol. The molecule has 2 saturated heterocycles. The molecule has 1 amide bonds. The lowest BCUT2D eigenvalue weighted by Gasteiger charge is -2.30. The van der Waals surface area contributed by atoms with E-state index in [1.165, 1.54) is 11.0 Å². The standard InChI is InChI=1S/C14H17FN2O3/c15-12-10-11(17-4-1-7-20-14(17)18)2-3-13(12)16-5-8-19-9-6-16/h2-3,10H,1,4-9H2. The van der Waals surface area contributed by atoms with Crippen LogP contribution in [0, 0.1) is 5.82 Å². The van der Waals surface area contributed by atoms with E-state index in [0.29, 0.717) is 50.8 Å². The maximum Gasteiger partial charge on any atom is 0.414 e. The minimum atomic E-state index is -0.408. The molecule has 0 N–H and O–H groups in total. The van der Waals surface area contributed by atoms with Gasteiger partial charge in [-0.1, -0.05) is 0 Å². The molecule has 20 heavy (non-hydrogen) atoms. The van der Waals surface area contributed by atoms with Gasteiger partial charge in [-0.05, 0) is 24.6 Å². The number of ether oxygens (including phenoxy) is 2. The predicted octanol–water partition coefficient (Wildman–Crippen LogP) is 2.01. The van der Waals surface area contributed by atoms with Crippen LogP contribution in [0.1, 0.15) is 6.42 Å². The van der Waals surface area contributed by atoms with Crippen molar-refractivity contribution in [3.63, 3.8) is 0 Å². The number of hydrogen-bond acceptors (Lipinski definition) is 4. The lowest BCUT2D eigenvalue weighted by atomic mass is 10.2. The van der Waals surface area contributed by atoms with Crippen LogP contribution in [0.3, 0.4) is 0 Å². The zero-order chi connectivity index (χ0) is 13.9. The number of carbonyl (C=O) groups excluding carboxylic acids is 1. The van der Waals surface area contributed by atoms with E-state index in [4.69, 9.17) is 9.47 Å². The molecule has 2 aliphatic rings. The number of amides is 1. The van der Waals surface area contributed by atoms with Gasteiger partial charge in [-0.15, -0.1) is 0 Å². The van der Waals surface area contributed by atoms with E-state index >= 15 is 0 Å². The van der Waals surface area contributed by atoms with E-state index in [0.717, 1.165) is 6.42 Å². The summed E-state index contributed by atoms with van der Waals surface area (Å²) in [6.07, 6.45) is 0.355. The van der Waals surface area contributed by atoms with Crippen molar-refractivity contribution in [3.8, 4) is 0 Å². The van der Waals surface area contributed by atoms with Gasteiger partial charge in [0.2, 0.25) is 0 Å². The molecule has 2 heterocycles. The number of nitrogens with zero attached hydrogens (tertiary/aromatic N) is 2. The Balaban J connectivity index is 1.81. The Hall–Kier alpha value is -1.82. The third kappa shape index (κ3) is 2.56. The first-order valence-electron chi connectivity index (χ1n) is 6.82. The monoisotopic (exact) mass is 280 g/mol. The molecule has 1 aromatic carbocycles. The van der Waals surface area contributed by atoms with Gasteiger partial charge in [0.05, 0.1) is 31.2 Å². The van der Waals surface area contributed by atoms with E-state index in [1.807, 2.05) is 4.90 Å². The Morgan fingerprint density at radius 2 is 1.90 bits per heavy atom. The first-order chi connectivity index (χ1) is 9.75. The number of hydrogen-bond donors (Lipinski definition) is 0. The molecule has 0 unspecified atom stereocenters. The van der Waals surface area contributed by atoms with Crippen LogP contribution in [0.2, 0.25) is 0 Å². The Morgan fingerprint density at radius 1 is 1.10 bits per heavy atom. The molecule has 0 aromatic heterocycles. The van der Waals surface area contributed by atoms with Crippen LogP contribution in [0.25, 0.3) is 0 Å². The summed E-state index contributed by atoms with van der Waals surface area (Å²) in [7, 11) is 0. The van der Waals surface area contributed by atoms with Crippen molar-refractivity contribution < 1.29 is 18.7 Å². The van der Waals surface area contributed by atoms with Crippen molar-refractivity contribution in [3.05, 3.63) is 24.0 Å². The highest BCUT2D eigenvalue weighted by atomic mass is 19.1. The minimum absolute atomic E-state index is 0.317. The molecule has 2 fully saturated rings. The van der Waals surface area contributed by atoms with Gasteiger partial charge in [-0.2, -0.15) is 0 Å². The first kappa shape index (κ1) is 13.2. The van der Waals surface area contributed by atoms with Crippen molar-refractivity contribution >= 4 is 17.5 Å². The van der Waals surface area contributed by atoms with Gasteiger partial charge in [0, 0.05) is 19.6 Å². The van der Waals surface area contributed by atoms with E-state index in [-0.39, 0.29) is 5.82 Å². The molecule has 2 aliphatic heterocycles. The highest BCUT2D eigenvalue weighted by Gasteiger charge is 2.23. The molecule has 6 heteroatoms. The molecule has 5 nitrogen and oxygen atoms in total. The number of benzene rings is 1. The van der Waals surface area contributed by atoms with Crippen LogP contribution in [0.15, 0.2) is 18.2 Å². The van der Waals surface area contributed by atoms with E-state index in [9.17, 15) is 9.18 Å². The average Bonchev–Trinajstić information content (AvgIpc) is 2.48. The quantitative estimate of drug-likeness (QED) is 0.831. The molecule has 0 atom stereocenters. The summed E-state index contributed by atoms with van der Waals surface area (Å²) in [5.41, 5.74) is 1.10. The van der Waals surface area contributed by atoms with Crippen molar-refractivity contribution in [1.82, 2.24) is 0 Å². The zero-order valence-corrected chi connectivity index (χ0v) is 11.2. The van der Waals surface area contributed by atoms with Crippen molar-refractivity contribution in [2.24, 2.45) is 0 Å². The molecule has 1 aromatic rings. The van der Waals surface area contributed by atoms with Crippen molar-refractivity contribution in [2.45, 2.75) is 6.42 Å². The second kappa shape index (κ2) is 5.66. The fraction of sp³-hybridized carbons (Fsp3) is 0.500. The lowest BCUT2D eigenvalue weighted by molar-refractivity contribution is 0.122. The second-order valence-electron chi connectivity index (χ2n) is 4.85. The zero-order valence-electron chi connectivity index (χ0n) is 11.2. The van der Waals surface area contributed by atoms with Crippen LogP contribution in [0.5, 0.6) is 0 Å². The van der Waals surface area contributed by atoms with Crippen LogP contribution in [0.4, 0.5) is 20.6 Å². The van der Waals surface area contributed by atoms with Crippen LogP contribution < -0.4 is 9.80 Å². The van der Waals surface area contributed by atoms with Gasteiger partial charge >= 0.3 is 6.09 Å². The summed E-state index contributed by atoms with van der Waals surface area (Å²) < 4.78 is 24.5. The summed E-state index contributed by atoms with van der Waals surface area (Å²) in [4.78, 5) is 15.1. The summed E-state index contributed by atoms with van der Waals surface area (Å²) in [5, 5.41) is 0. The van der Waals surface area contributed by atoms with Crippen LogP contribution >= 0.6 is 0 Å². The highest BCUT2D eigenvalue weighted by Crippen LogP contribution is 2.27. The highest BCUT2D eigenvalue weighted by molar-refractivity contribution is 5.88. The Bertz CT molecular complexity index is 503. The maximum absolute atomic E-state index is 14.3. The molecule has 0 saturated carbocycles. The van der Waals surface area contributed by atoms with E-state index in [1.54, 1.807) is 12.1 Å². The topological polar surface area (TPSA) is 42.0 Å². The van der Waals surface area contributed by atoms with Gasteiger partial charge in [0.1, 0.15) is 5.82 Å². The smallest absolute Gasteiger partial charge is 0.414 e. The van der Waals surface area contributed by atoms with Gasteiger partial charge in [-0.3, -0.25) is 4.90 Å². The SMILES string of the molecule is O=C1OCCCN1c1ccc(N2CCOCC2)c(F)c1. The summed E-state index contributed by atoms with van der Waals surface area (Å²) >= 11 is 0. The number of cyclic esters (lactones) is 1. The first-order valence-corrected chi connectivity index (χ1v) is 6.82. The summed E-state index contributed by atoms with van der Waals surface area (Å²) in [6.45, 7) is 3.59. The fourth-order valence-corrected chi connectivity index (χ4v) is 2.51. The fourth-order valence-electron chi connectivity index (χ4n) is 2.51. The number of morpholine rings is 1. The van der Waals surface area contributed by atoms with E-state index in [2.05, 4.69) is 0 Å². The molecule has 0 aliphatic carbocycles. The lowest BCUT2D eigenvalue weighted by Crippen LogP contribution is -2.38. The average molecular weight is 280 g/mol. The Kier molecular flexibility index (Phi) is 3.73. The number of carbonyl (C=O) groups is 1. The van der Waals surface area contributed by atoms with Gasteiger partial charge in [-0.25, -0.2) is 9.18 Å². The molecule has 0 spiro atoms. The normalized spacial score (nSPS) is 19.9. The van der Waals surface area contributed by atoms with Crippen LogP contribution in [-0.2, 0) is 9.47 Å². The maximum atomic E-state index is 14.3. The van der Waals surface area contributed by atoms with Gasteiger partial charge in [0.25, 0.3) is 0 Å². The third-order valence-corrected chi connectivity index (χ3v) is 3.57. The molecule has 0 bridgehead atoms. The molecule has 0 radical (unpaired) electrons. The van der Waals surface area contributed by atoms with Gasteiger partial charge < -0.3 is 14.4 Å². The predicted molar refractivity (Wildman–Crippen MR) is 72.7 cm³/mol. The number of rotatable bonds is 2. The minimum Gasteiger partial charge on any atom is -0.449 e. The Labute approximate surface area is 116 Å². The second-order valence-corrected chi connectivity index (χ2v) is 4.85. The Morgan fingerprint density at radius 3 is 2.60 bits per heavy atom. The number of halogens is 1. The van der Waals surface area contributed by atoms with Crippen LogP contribution in [-0.4, -0.2) is 45.5 Å². The molecular formula is C14H17FN2O3. The largest absolute Gasteiger partial charge is 0.449 e. The molecule has 108 valence electrons. The van der Waals surface area contributed by atoms with E-state index < -0.39 is 6.09 Å². The van der Waals surface area contributed by atoms with Crippen molar-refractivity contribution in [1.29, 1.82) is 0 Å². The van der Waals surface area contributed by atoms with Crippen molar-refractivity contribution in [2.75, 3.05) is 49.3 Å². The third-order valence-electron chi connectivity index (χ3n) is 3.57. The summed E-state index contributed by atoms with van der Waals surface area (Å²) in [6, 6.07) is 4.88. The summed E-state index contributed by atoms with van der Waals surface area (Å²) in [5.74, 6) is -0.317.